The summed E-state index contributed by atoms with van der Waals surface area (Å²) in [6.45, 7) is 6.63. The number of rotatable bonds is 6. The van der Waals surface area contributed by atoms with Crippen LogP contribution in [0.1, 0.15) is 13.3 Å². The highest BCUT2D eigenvalue weighted by Crippen LogP contribution is 2.26. The van der Waals surface area contributed by atoms with Crippen LogP contribution < -0.4 is 5.14 Å². The lowest BCUT2D eigenvalue weighted by molar-refractivity contribution is 0.598. The predicted molar refractivity (Wildman–Crippen MR) is 82.3 cm³/mol. The topological polar surface area (TPSA) is 78.0 Å². The summed E-state index contributed by atoms with van der Waals surface area (Å²) in [5.41, 5.74) is 1.57. The second-order valence-corrected chi connectivity index (χ2v) is 6.89. The zero-order chi connectivity index (χ0) is 14.8. The Morgan fingerprint density at radius 2 is 2.25 bits per heavy atom. The minimum Gasteiger partial charge on any atom is -0.319 e. The molecule has 0 atom stereocenters. The van der Waals surface area contributed by atoms with Gasteiger partial charge in [-0.25, -0.2) is 18.5 Å². The molecule has 0 aliphatic carbocycles. The summed E-state index contributed by atoms with van der Waals surface area (Å²) in [7, 11) is -3.70. The van der Waals surface area contributed by atoms with Crippen LogP contribution in [0.2, 0.25) is 0 Å². The van der Waals surface area contributed by atoms with Gasteiger partial charge in [0, 0.05) is 12.3 Å². The standard InChI is InChI=1S/C13H17N3O2S2/c1-3-7-16-12-6-5-10(20(14,17)18)9-11(12)15-13(16)19-8-4-2/h4-6,9H,2-3,7-8H2,1H3,(H2,14,17,18). The van der Waals surface area contributed by atoms with Crippen molar-refractivity contribution in [1.82, 2.24) is 9.55 Å². The summed E-state index contributed by atoms with van der Waals surface area (Å²) < 4.78 is 24.9. The zero-order valence-corrected chi connectivity index (χ0v) is 12.9. The van der Waals surface area contributed by atoms with Gasteiger partial charge < -0.3 is 4.57 Å². The molecule has 20 heavy (non-hydrogen) atoms. The average molecular weight is 311 g/mol. The molecular formula is C13H17N3O2S2. The minimum atomic E-state index is -3.70. The van der Waals surface area contributed by atoms with E-state index < -0.39 is 10.0 Å². The lowest BCUT2D eigenvalue weighted by Gasteiger charge is -2.06. The van der Waals surface area contributed by atoms with E-state index >= 15 is 0 Å². The summed E-state index contributed by atoms with van der Waals surface area (Å²) in [6, 6.07) is 4.80. The number of sulfonamides is 1. The molecule has 0 amide bonds. The molecule has 1 heterocycles. The van der Waals surface area contributed by atoms with Gasteiger partial charge in [-0.15, -0.1) is 6.58 Å². The summed E-state index contributed by atoms with van der Waals surface area (Å²) in [5, 5.41) is 6.02. The predicted octanol–water partition coefficient (Wildman–Crippen LogP) is 2.37. The highest BCUT2D eigenvalue weighted by Gasteiger charge is 2.14. The second kappa shape index (κ2) is 5.99. The maximum atomic E-state index is 11.4. The molecule has 0 radical (unpaired) electrons. The van der Waals surface area contributed by atoms with Crippen molar-refractivity contribution < 1.29 is 8.42 Å². The highest BCUT2D eigenvalue weighted by atomic mass is 32.2. The maximum Gasteiger partial charge on any atom is 0.238 e. The van der Waals surface area contributed by atoms with Gasteiger partial charge in [0.25, 0.3) is 0 Å². The third-order valence-electron chi connectivity index (χ3n) is 2.79. The Bertz CT molecular complexity index is 735. The van der Waals surface area contributed by atoms with E-state index in [1.54, 1.807) is 17.8 Å². The SMILES string of the molecule is C=CCSc1nc2cc(S(N)(=O)=O)ccc2n1CCC. The van der Waals surface area contributed by atoms with Crippen molar-refractivity contribution in [2.75, 3.05) is 5.75 Å². The van der Waals surface area contributed by atoms with E-state index in [1.807, 2.05) is 6.08 Å². The smallest absolute Gasteiger partial charge is 0.238 e. The second-order valence-electron chi connectivity index (χ2n) is 4.34. The van der Waals surface area contributed by atoms with Crippen molar-refractivity contribution in [1.29, 1.82) is 0 Å². The maximum absolute atomic E-state index is 11.4. The Morgan fingerprint density at radius 1 is 1.50 bits per heavy atom. The molecule has 1 aromatic heterocycles. The molecule has 5 nitrogen and oxygen atoms in total. The number of aromatic nitrogens is 2. The third kappa shape index (κ3) is 3.05. The van der Waals surface area contributed by atoms with Crippen molar-refractivity contribution in [3.05, 3.63) is 30.9 Å². The molecule has 0 unspecified atom stereocenters. The van der Waals surface area contributed by atoms with Crippen molar-refractivity contribution in [2.24, 2.45) is 5.14 Å². The lowest BCUT2D eigenvalue weighted by Crippen LogP contribution is -2.11. The van der Waals surface area contributed by atoms with E-state index in [4.69, 9.17) is 5.14 Å². The first-order chi connectivity index (χ1) is 9.47. The first-order valence-electron chi connectivity index (χ1n) is 6.24. The zero-order valence-electron chi connectivity index (χ0n) is 11.2. The number of primary sulfonamides is 1. The lowest BCUT2D eigenvalue weighted by atomic mass is 10.3. The van der Waals surface area contributed by atoms with Crippen LogP contribution in [0.25, 0.3) is 11.0 Å². The number of benzene rings is 1. The van der Waals surface area contributed by atoms with E-state index in [1.165, 1.54) is 12.1 Å². The molecule has 0 spiro atoms. The monoisotopic (exact) mass is 311 g/mol. The van der Waals surface area contributed by atoms with Gasteiger partial charge in [-0.3, -0.25) is 0 Å². The fraction of sp³-hybridized carbons (Fsp3) is 0.308. The van der Waals surface area contributed by atoms with Gasteiger partial charge in [-0.05, 0) is 24.6 Å². The molecular weight excluding hydrogens is 294 g/mol. The number of nitrogens with zero attached hydrogens (tertiary/aromatic N) is 2. The molecule has 0 aliphatic rings. The Morgan fingerprint density at radius 3 is 2.85 bits per heavy atom. The van der Waals surface area contributed by atoms with E-state index in [0.29, 0.717) is 5.52 Å². The van der Waals surface area contributed by atoms with Gasteiger partial charge in [-0.1, -0.05) is 24.8 Å². The first kappa shape index (κ1) is 15.1. The molecule has 108 valence electrons. The number of aryl methyl sites for hydroxylation is 1. The van der Waals surface area contributed by atoms with Crippen LogP contribution in [0, 0.1) is 0 Å². The number of nitrogens with two attached hydrogens (primary N) is 1. The molecule has 0 bridgehead atoms. The number of fused-ring (bicyclic) bond motifs is 1. The molecule has 0 aliphatic heterocycles. The average Bonchev–Trinajstić information content (AvgIpc) is 2.73. The van der Waals surface area contributed by atoms with Crippen molar-refractivity contribution in [3.63, 3.8) is 0 Å². The molecule has 0 saturated carbocycles. The van der Waals surface area contributed by atoms with E-state index in [0.717, 1.165) is 29.4 Å². The van der Waals surface area contributed by atoms with Gasteiger partial charge in [0.05, 0.1) is 15.9 Å². The van der Waals surface area contributed by atoms with Crippen molar-refractivity contribution in [3.8, 4) is 0 Å². The fourth-order valence-electron chi connectivity index (χ4n) is 1.95. The van der Waals surface area contributed by atoms with Crippen LogP contribution in [0.4, 0.5) is 0 Å². The number of imidazole rings is 1. The molecule has 2 aromatic rings. The Kier molecular flexibility index (Phi) is 4.52. The summed E-state index contributed by atoms with van der Waals surface area (Å²) in [5.74, 6) is 0.759. The fourth-order valence-corrected chi connectivity index (χ4v) is 3.26. The van der Waals surface area contributed by atoms with Crippen molar-refractivity contribution in [2.45, 2.75) is 29.9 Å². The Hall–Kier alpha value is -1.31. The van der Waals surface area contributed by atoms with Crippen LogP contribution >= 0.6 is 11.8 Å². The molecule has 2 N–H and O–H groups in total. The summed E-state index contributed by atoms with van der Waals surface area (Å²) in [4.78, 5) is 4.59. The minimum absolute atomic E-state index is 0.0893. The highest BCUT2D eigenvalue weighted by molar-refractivity contribution is 7.99. The summed E-state index contributed by atoms with van der Waals surface area (Å²) in [6.07, 6.45) is 2.79. The molecule has 0 fully saturated rings. The molecule has 0 saturated heterocycles. The van der Waals surface area contributed by atoms with Gasteiger partial charge >= 0.3 is 0 Å². The quantitative estimate of drug-likeness (QED) is 0.656. The third-order valence-corrected chi connectivity index (χ3v) is 4.67. The van der Waals surface area contributed by atoms with Gasteiger partial charge in [0.1, 0.15) is 0 Å². The van der Waals surface area contributed by atoms with Crippen LogP contribution in [-0.2, 0) is 16.6 Å². The van der Waals surface area contributed by atoms with E-state index in [9.17, 15) is 8.42 Å². The van der Waals surface area contributed by atoms with Crippen LogP contribution in [0.15, 0.2) is 40.9 Å². The van der Waals surface area contributed by atoms with E-state index in [-0.39, 0.29) is 4.90 Å². The Labute approximate surface area is 122 Å². The Balaban J connectivity index is 2.57. The van der Waals surface area contributed by atoms with Crippen LogP contribution in [-0.4, -0.2) is 23.7 Å². The first-order valence-corrected chi connectivity index (χ1v) is 8.77. The van der Waals surface area contributed by atoms with E-state index in [2.05, 4.69) is 23.1 Å². The van der Waals surface area contributed by atoms with Crippen LogP contribution in [0.5, 0.6) is 0 Å². The molecule has 7 heteroatoms. The summed E-state index contributed by atoms with van der Waals surface area (Å²) >= 11 is 1.58. The number of hydrogen-bond acceptors (Lipinski definition) is 4. The van der Waals surface area contributed by atoms with Gasteiger partial charge in [0.15, 0.2) is 5.16 Å². The van der Waals surface area contributed by atoms with Crippen LogP contribution in [0.3, 0.4) is 0 Å². The normalized spacial score (nSPS) is 11.9. The van der Waals surface area contributed by atoms with Gasteiger partial charge in [0.2, 0.25) is 10.0 Å². The number of hydrogen-bond donors (Lipinski definition) is 1. The number of thioether (sulfide) groups is 1. The molecule has 1 aromatic carbocycles. The largest absolute Gasteiger partial charge is 0.319 e. The molecule has 2 rings (SSSR count). The van der Waals surface area contributed by atoms with Crippen molar-refractivity contribution >= 4 is 32.8 Å². The van der Waals surface area contributed by atoms with Gasteiger partial charge in [-0.2, -0.15) is 0 Å².